The van der Waals surface area contributed by atoms with E-state index in [1.807, 2.05) is 6.07 Å². The number of nitrogens with one attached hydrogen (secondary N) is 1. The number of rotatable bonds is 10. The maximum absolute atomic E-state index is 11.9. The van der Waals surface area contributed by atoms with Crippen LogP contribution in [-0.2, 0) is 20.9 Å². The van der Waals surface area contributed by atoms with Crippen molar-refractivity contribution in [3.05, 3.63) is 48.0 Å². The van der Waals surface area contributed by atoms with E-state index in [0.717, 1.165) is 37.8 Å². The van der Waals surface area contributed by atoms with Gasteiger partial charge in [0.15, 0.2) is 0 Å². The molecule has 1 aromatic heterocycles. The van der Waals surface area contributed by atoms with Gasteiger partial charge in [0.25, 0.3) is 0 Å². The van der Waals surface area contributed by atoms with Gasteiger partial charge in [0, 0.05) is 41.2 Å². The molecule has 30 heavy (non-hydrogen) atoms. The highest BCUT2D eigenvalue weighted by Gasteiger charge is 2.09. The Bertz CT molecular complexity index is 1050. The summed E-state index contributed by atoms with van der Waals surface area (Å²) in [5.74, 6) is -0.276. The fraction of sp³-hybridized carbons (Fsp3) is 0.375. The fourth-order valence-electron chi connectivity index (χ4n) is 3.74. The molecule has 158 valence electrons. The average Bonchev–Trinajstić information content (AvgIpc) is 3.09. The zero-order valence-corrected chi connectivity index (χ0v) is 17.7. The number of nitrogens with zero attached hydrogens (tertiary/aromatic N) is 2. The van der Waals surface area contributed by atoms with Crippen LogP contribution in [-0.4, -0.2) is 29.8 Å². The zero-order valence-electron chi connectivity index (χ0n) is 17.7. The van der Waals surface area contributed by atoms with Crippen LogP contribution in [0.4, 0.5) is 0 Å². The number of ether oxygens (including phenoxy) is 1. The van der Waals surface area contributed by atoms with E-state index < -0.39 is 0 Å². The van der Waals surface area contributed by atoms with Crippen LogP contribution in [0.5, 0.6) is 0 Å². The minimum absolute atomic E-state index is 0.0946. The molecule has 0 aliphatic heterocycles. The lowest BCUT2D eigenvalue weighted by Crippen LogP contribution is -2.16. The molecule has 0 unspecified atom stereocenters. The van der Waals surface area contributed by atoms with Crippen LogP contribution in [0.15, 0.2) is 47.6 Å². The lowest BCUT2D eigenvalue weighted by Gasteiger charge is -2.03. The number of esters is 1. The van der Waals surface area contributed by atoms with Gasteiger partial charge in [-0.05, 0) is 43.5 Å². The van der Waals surface area contributed by atoms with Crippen molar-refractivity contribution >= 4 is 39.9 Å². The molecule has 0 saturated carbocycles. The summed E-state index contributed by atoms with van der Waals surface area (Å²) in [5.41, 5.74) is 5.98. The summed E-state index contributed by atoms with van der Waals surface area (Å²) >= 11 is 0. The van der Waals surface area contributed by atoms with E-state index in [1.54, 1.807) is 6.21 Å². The molecule has 0 spiro atoms. The highest BCUT2D eigenvalue weighted by molar-refractivity contribution is 6.09. The molecule has 0 radical (unpaired) electrons. The molecule has 3 aromatic rings. The largest absolute Gasteiger partial charge is 0.469 e. The van der Waals surface area contributed by atoms with Crippen molar-refractivity contribution in [3.63, 3.8) is 0 Å². The normalized spacial score (nSPS) is 11.4. The molecule has 0 aliphatic carbocycles. The number of benzene rings is 2. The van der Waals surface area contributed by atoms with Crippen molar-refractivity contribution < 1.29 is 14.3 Å². The number of fused-ring (bicyclic) bond motifs is 3. The summed E-state index contributed by atoms with van der Waals surface area (Å²) in [4.78, 5) is 23.0. The lowest BCUT2D eigenvalue weighted by molar-refractivity contribution is -0.140. The van der Waals surface area contributed by atoms with Crippen molar-refractivity contribution in [2.24, 2.45) is 5.10 Å². The van der Waals surface area contributed by atoms with Gasteiger partial charge >= 0.3 is 5.97 Å². The number of unbranched alkanes of at least 4 members (excludes halogenated alkanes) is 3. The van der Waals surface area contributed by atoms with Gasteiger partial charge in [-0.15, -0.1) is 0 Å². The van der Waals surface area contributed by atoms with E-state index in [4.69, 9.17) is 0 Å². The Morgan fingerprint density at radius 2 is 1.73 bits per heavy atom. The first-order valence-electron chi connectivity index (χ1n) is 10.5. The van der Waals surface area contributed by atoms with E-state index in [2.05, 4.69) is 63.2 Å². The molecule has 1 N–H and O–H groups in total. The zero-order chi connectivity index (χ0) is 21.3. The molecule has 0 fully saturated rings. The third-order valence-electron chi connectivity index (χ3n) is 5.28. The van der Waals surface area contributed by atoms with Gasteiger partial charge in [-0.25, -0.2) is 5.43 Å². The Morgan fingerprint density at radius 1 is 1.00 bits per heavy atom. The number of methoxy groups -OCH3 is 1. The van der Waals surface area contributed by atoms with E-state index in [1.165, 1.54) is 28.9 Å². The first-order valence-corrected chi connectivity index (χ1v) is 10.5. The summed E-state index contributed by atoms with van der Waals surface area (Å²) in [7, 11) is 1.40. The maximum atomic E-state index is 11.9. The Morgan fingerprint density at radius 3 is 2.50 bits per heavy atom. The molecule has 6 nitrogen and oxygen atoms in total. The predicted molar refractivity (Wildman–Crippen MR) is 121 cm³/mol. The van der Waals surface area contributed by atoms with Crippen LogP contribution >= 0.6 is 0 Å². The molecule has 0 bridgehead atoms. The van der Waals surface area contributed by atoms with Crippen molar-refractivity contribution in [2.45, 2.75) is 52.0 Å². The summed E-state index contributed by atoms with van der Waals surface area (Å²) < 4.78 is 6.91. The highest BCUT2D eigenvalue weighted by atomic mass is 16.5. The van der Waals surface area contributed by atoms with Crippen LogP contribution < -0.4 is 5.43 Å². The Kier molecular flexibility index (Phi) is 7.60. The molecule has 6 heteroatoms. The van der Waals surface area contributed by atoms with Gasteiger partial charge in [-0.1, -0.05) is 37.1 Å². The van der Waals surface area contributed by atoms with E-state index in [9.17, 15) is 9.59 Å². The Hall–Kier alpha value is -3.15. The molecule has 0 aliphatic rings. The second-order valence-electron chi connectivity index (χ2n) is 7.32. The number of carbonyl (C=O) groups is 2. The van der Waals surface area contributed by atoms with Crippen LogP contribution in [0.2, 0.25) is 0 Å². The second kappa shape index (κ2) is 10.6. The summed E-state index contributed by atoms with van der Waals surface area (Å²) in [6, 6.07) is 14.6. The van der Waals surface area contributed by atoms with Crippen molar-refractivity contribution in [2.75, 3.05) is 7.11 Å². The second-order valence-corrected chi connectivity index (χ2v) is 7.32. The summed E-state index contributed by atoms with van der Waals surface area (Å²) in [5, 5.41) is 6.52. The quantitative estimate of drug-likeness (QED) is 0.228. The first kappa shape index (κ1) is 21.6. The number of hydrogen-bond acceptors (Lipinski definition) is 4. The third kappa shape index (κ3) is 5.26. The van der Waals surface area contributed by atoms with E-state index >= 15 is 0 Å². The predicted octanol–water partition coefficient (Wildman–Crippen LogP) is 4.78. The summed E-state index contributed by atoms with van der Waals surface area (Å²) in [6.07, 6.45) is 5.95. The van der Waals surface area contributed by atoms with E-state index in [0.29, 0.717) is 12.8 Å². The van der Waals surface area contributed by atoms with Gasteiger partial charge in [0.1, 0.15) is 0 Å². The van der Waals surface area contributed by atoms with Crippen molar-refractivity contribution in [1.29, 1.82) is 0 Å². The minimum atomic E-state index is -0.181. The molecule has 1 heterocycles. The third-order valence-corrected chi connectivity index (χ3v) is 5.28. The number of amides is 1. The van der Waals surface area contributed by atoms with Crippen molar-refractivity contribution in [1.82, 2.24) is 9.99 Å². The number of hydrazone groups is 1. The SMILES string of the molecule is CCn1c2ccccc2c2cc(/C=N/NC(=O)CCCCCCC(=O)OC)ccc21. The Labute approximate surface area is 176 Å². The fourth-order valence-corrected chi connectivity index (χ4v) is 3.74. The van der Waals surface area contributed by atoms with Crippen LogP contribution in [0.1, 0.15) is 51.0 Å². The van der Waals surface area contributed by atoms with Gasteiger partial charge in [-0.3, -0.25) is 9.59 Å². The first-order chi connectivity index (χ1) is 14.6. The van der Waals surface area contributed by atoms with Crippen LogP contribution in [0.3, 0.4) is 0 Å². The maximum Gasteiger partial charge on any atom is 0.305 e. The Balaban J connectivity index is 1.52. The van der Waals surface area contributed by atoms with Crippen molar-refractivity contribution in [3.8, 4) is 0 Å². The van der Waals surface area contributed by atoms with Crippen LogP contribution in [0.25, 0.3) is 21.8 Å². The number of para-hydroxylation sites is 1. The minimum Gasteiger partial charge on any atom is -0.469 e. The average molecular weight is 408 g/mol. The molecule has 1 amide bonds. The van der Waals surface area contributed by atoms with Gasteiger partial charge in [-0.2, -0.15) is 5.10 Å². The molecule has 0 atom stereocenters. The molecule has 0 saturated heterocycles. The molecule has 2 aromatic carbocycles. The van der Waals surface area contributed by atoms with Gasteiger partial charge in [0.2, 0.25) is 5.91 Å². The molecular formula is C24H29N3O3. The molecule has 3 rings (SSSR count). The van der Waals surface area contributed by atoms with Crippen LogP contribution in [0, 0.1) is 0 Å². The number of carbonyl (C=O) groups excluding carboxylic acids is 2. The summed E-state index contributed by atoms with van der Waals surface area (Å²) in [6.45, 7) is 3.06. The standard InChI is InChI=1S/C24H29N3O3/c1-3-27-21-11-9-8-10-19(21)20-16-18(14-15-22(20)27)17-25-26-23(28)12-6-4-5-7-13-24(29)30-2/h8-11,14-17H,3-7,12-13H2,1-2H3,(H,26,28)/b25-17+. The van der Waals surface area contributed by atoms with Gasteiger partial charge in [0.05, 0.1) is 13.3 Å². The van der Waals surface area contributed by atoms with Gasteiger partial charge < -0.3 is 9.30 Å². The number of aromatic nitrogens is 1. The number of aryl methyl sites for hydroxylation is 1. The topological polar surface area (TPSA) is 72.7 Å². The smallest absolute Gasteiger partial charge is 0.305 e. The molecular weight excluding hydrogens is 378 g/mol. The highest BCUT2D eigenvalue weighted by Crippen LogP contribution is 2.29. The van der Waals surface area contributed by atoms with E-state index in [-0.39, 0.29) is 11.9 Å². The number of hydrogen-bond donors (Lipinski definition) is 1. The lowest BCUT2D eigenvalue weighted by atomic mass is 10.1. The monoisotopic (exact) mass is 407 g/mol.